The van der Waals surface area contributed by atoms with Crippen molar-refractivity contribution in [3.05, 3.63) is 21.7 Å². The molecule has 0 aliphatic heterocycles. The zero-order chi connectivity index (χ0) is 16.0. The SMILES string of the molecule is CCC(CC)C(O)CNC(=O)c1c(SC)nc(=O)[nH]c1C. The van der Waals surface area contributed by atoms with Gasteiger partial charge in [0.2, 0.25) is 0 Å². The first kappa shape index (κ1) is 17.7. The van der Waals surface area contributed by atoms with Crippen LogP contribution in [0, 0.1) is 12.8 Å². The molecule has 1 amide bonds. The van der Waals surface area contributed by atoms with Gasteiger partial charge >= 0.3 is 5.69 Å². The maximum atomic E-state index is 12.3. The average molecular weight is 313 g/mol. The first-order chi connectivity index (χ1) is 9.94. The van der Waals surface area contributed by atoms with Crippen molar-refractivity contribution in [2.75, 3.05) is 12.8 Å². The van der Waals surface area contributed by atoms with E-state index < -0.39 is 11.8 Å². The van der Waals surface area contributed by atoms with E-state index in [1.807, 2.05) is 13.8 Å². The minimum absolute atomic E-state index is 0.167. The van der Waals surface area contributed by atoms with Gasteiger partial charge in [-0.05, 0) is 19.1 Å². The van der Waals surface area contributed by atoms with Gasteiger partial charge in [0.25, 0.3) is 5.91 Å². The number of nitrogens with one attached hydrogen (secondary N) is 2. The summed E-state index contributed by atoms with van der Waals surface area (Å²) in [5, 5.41) is 13.2. The number of amides is 1. The number of aromatic amines is 1. The molecule has 118 valence electrons. The van der Waals surface area contributed by atoms with Gasteiger partial charge in [-0.2, -0.15) is 4.98 Å². The lowest BCUT2D eigenvalue weighted by molar-refractivity contribution is 0.0813. The number of carbonyl (C=O) groups is 1. The number of carbonyl (C=O) groups excluding carboxylic acids is 1. The molecule has 7 heteroatoms. The van der Waals surface area contributed by atoms with E-state index in [4.69, 9.17) is 0 Å². The second-order valence-corrected chi connectivity index (χ2v) is 5.70. The number of H-pyrrole nitrogens is 1. The Bertz CT molecular complexity index is 541. The van der Waals surface area contributed by atoms with E-state index in [-0.39, 0.29) is 18.4 Å². The summed E-state index contributed by atoms with van der Waals surface area (Å²) in [7, 11) is 0. The van der Waals surface area contributed by atoms with Gasteiger partial charge in [-0.15, -0.1) is 11.8 Å². The van der Waals surface area contributed by atoms with Crippen molar-refractivity contribution in [1.29, 1.82) is 0 Å². The molecule has 1 rings (SSSR count). The predicted octanol–water partition coefficient (Wildman–Crippen LogP) is 1.33. The van der Waals surface area contributed by atoms with Crippen molar-refractivity contribution >= 4 is 17.7 Å². The highest BCUT2D eigenvalue weighted by Crippen LogP contribution is 2.18. The summed E-state index contributed by atoms with van der Waals surface area (Å²) in [6.45, 7) is 5.88. The minimum Gasteiger partial charge on any atom is -0.391 e. The van der Waals surface area contributed by atoms with Crippen molar-refractivity contribution in [3.8, 4) is 0 Å². The zero-order valence-corrected chi connectivity index (χ0v) is 13.7. The van der Waals surface area contributed by atoms with E-state index in [2.05, 4.69) is 15.3 Å². The number of aryl methyl sites for hydroxylation is 1. The molecule has 0 radical (unpaired) electrons. The highest BCUT2D eigenvalue weighted by Gasteiger charge is 2.20. The smallest absolute Gasteiger partial charge is 0.346 e. The first-order valence-corrected chi connectivity index (χ1v) is 8.28. The third-order valence-corrected chi connectivity index (χ3v) is 4.25. The second-order valence-electron chi connectivity index (χ2n) is 4.91. The molecule has 1 atom stereocenters. The van der Waals surface area contributed by atoms with E-state index in [1.165, 1.54) is 11.8 Å². The Morgan fingerprint density at radius 1 is 1.43 bits per heavy atom. The molecule has 0 spiro atoms. The van der Waals surface area contributed by atoms with Gasteiger partial charge < -0.3 is 15.4 Å². The van der Waals surface area contributed by atoms with E-state index in [0.29, 0.717) is 16.3 Å². The summed E-state index contributed by atoms with van der Waals surface area (Å²) in [5.41, 5.74) is 0.373. The van der Waals surface area contributed by atoms with Gasteiger partial charge in [0.15, 0.2) is 0 Å². The van der Waals surface area contributed by atoms with Gasteiger partial charge in [0.1, 0.15) is 5.03 Å². The van der Waals surface area contributed by atoms with Crippen LogP contribution in [0.1, 0.15) is 42.7 Å². The molecular formula is C14H23N3O3S. The third-order valence-electron chi connectivity index (χ3n) is 3.57. The normalized spacial score (nSPS) is 12.5. The fraction of sp³-hybridized carbons (Fsp3) is 0.643. The van der Waals surface area contributed by atoms with Gasteiger partial charge in [0.05, 0.1) is 11.7 Å². The fourth-order valence-electron chi connectivity index (χ4n) is 2.26. The fourth-order valence-corrected chi connectivity index (χ4v) is 2.88. The van der Waals surface area contributed by atoms with Crippen LogP contribution in [0.4, 0.5) is 0 Å². The van der Waals surface area contributed by atoms with Crippen LogP contribution in [0.15, 0.2) is 9.82 Å². The van der Waals surface area contributed by atoms with Crippen molar-refractivity contribution in [1.82, 2.24) is 15.3 Å². The topological polar surface area (TPSA) is 95.1 Å². The lowest BCUT2D eigenvalue weighted by Gasteiger charge is -2.20. The first-order valence-electron chi connectivity index (χ1n) is 7.05. The number of aromatic nitrogens is 2. The number of rotatable bonds is 7. The van der Waals surface area contributed by atoms with Crippen molar-refractivity contribution in [3.63, 3.8) is 0 Å². The number of aliphatic hydroxyl groups excluding tert-OH is 1. The summed E-state index contributed by atoms with van der Waals surface area (Å²) in [5.74, 6) is -0.161. The summed E-state index contributed by atoms with van der Waals surface area (Å²) < 4.78 is 0. The van der Waals surface area contributed by atoms with Crippen molar-refractivity contribution in [2.45, 2.75) is 44.7 Å². The maximum Gasteiger partial charge on any atom is 0.346 e. The van der Waals surface area contributed by atoms with E-state index in [1.54, 1.807) is 13.2 Å². The molecule has 1 heterocycles. The zero-order valence-electron chi connectivity index (χ0n) is 12.9. The predicted molar refractivity (Wildman–Crippen MR) is 83.8 cm³/mol. The number of hydrogen-bond donors (Lipinski definition) is 3. The van der Waals surface area contributed by atoms with Crippen LogP contribution in [-0.4, -0.2) is 39.9 Å². The molecule has 1 aromatic heterocycles. The average Bonchev–Trinajstić information content (AvgIpc) is 2.45. The van der Waals surface area contributed by atoms with Crippen LogP contribution in [0.25, 0.3) is 0 Å². The Morgan fingerprint density at radius 2 is 2.05 bits per heavy atom. The summed E-state index contributed by atoms with van der Waals surface area (Å²) in [6, 6.07) is 0. The Hall–Kier alpha value is -1.34. The molecule has 1 aromatic rings. The van der Waals surface area contributed by atoms with Crippen LogP contribution in [-0.2, 0) is 0 Å². The van der Waals surface area contributed by atoms with E-state index in [9.17, 15) is 14.7 Å². The van der Waals surface area contributed by atoms with Gasteiger partial charge in [0, 0.05) is 12.2 Å². The molecule has 0 saturated carbocycles. The molecule has 1 unspecified atom stereocenters. The summed E-state index contributed by atoms with van der Waals surface area (Å²) >= 11 is 1.25. The standard InChI is InChI=1S/C14H23N3O3S/c1-5-9(6-2)10(18)7-15-12(19)11-8(3)16-14(20)17-13(11)21-4/h9-10,18H,5-7H2,1-4H3,(H,15,19)(H,16,17,20). The molecule has 0 fully saturated rings. The number of aliphatic hydroxyl groups is 1. The maximum absolute atomic E-state index is 12.3. The summed E-state index contributed by atoms with van der Waals surface area (Å²) in [6.07, 6.45) is 2.92. The molecule has 6 nitrogen and oxygen atoms in total. The molecule has 0 aliphatic carbocycles. The Kier molecular flexibility index (Phi) is 6.91. The Balaban J connectivity index is 2.83. The Labute approximate surface area is 128 Å². The van der Waals surface area contributed by atoms with Crippen LogP contribution in [0.2, 0.25) is 0 Å². The van der Waals surface area contributed by atoms with Crippen LogP contribution in [0.5, 0.6) is 0 Å². The van der Waals surface area contributed by atoms with Crippen LogP contribution < -0.4 is 11.0 Å². The molecule has 0 aromatic carbocycles. The van der Waals surface area contributed by atoms with E-state index in [0.717, 1.165) is 12.8 Å². The number of nitrogens with zero attached hydrogens (tertiary/aromatic N) is 1. The molecule has 21 heavy (non-hydrogen) atoms. The van der Waals surface area contributed by atoms with Crippen molar-refractivity contribution in [2.24, 2.45) is 5.92 Å². The molecule has 0 bridgehead atoms. The lowest BCUT2D eigenvalue weighted by atomic mass is 9.96. The largest absolute Gasteiger partial charge is 0.391 e. The Morgan fingerprint density at radius 3 is 2.57 bits per heavy atom. The van der Waals surface area contributed by atoms with Gasteiger partial charge in [-0.1, -0.05) is 26.7 Å². The quantitative estimate of drug-likeness (QED) is 0.521. The van der Waals surface area contributed by atoms with Crippen LogP contribution in [0.3, 0.4) is 0 Å². The van der Waals surface area contributed by atoms with E-state index >= 15 is 0 Å². The minimum atomic E-state index is -0.572. The number of hydrogen-bond acceptors (Lipinski definition) is 5. The van der Waals surface area contributed by atoms with Gasteiger partial charge in [-0.3, -0.25) is 4.79 Å². The van der Waals surface area contributed by atoms with Crippen molar-refractivity contribution < 1.29 is 9.90 Å². The lowest BCUT2D eigenvalue weighted by Crippen LogP contribution is -2.37. The molecule has 0 aliphatic rings. The van der Waals surface area contributed by atoms with Crippen LogP contribution >= 0.6 is 11.8 Å². The molecule has 0 saturated heterocycles. The third kappa shape index (κ3) is 4.57. The number of thioether (sulfide) groups is 1. The highest BCUT2D eigenvalue weighted by molar-refractivity contribution is 7.98. The highest BCUT2D eigenvalue weighted by atomic mass is 32.2. The molecule has 3 N–H and O–H groups in total. The molecular weight excluding hydrogens is 290 g/mol. The van der Waals surface area contributed by atoms with Gasteiger partial charge in [-0.25, -0.2) is 4.79 Å². The summed E-state index contributed by atoms with van der Waals surface area (Å²) in [4.78, 5) is 29.9. The second kappa shape index (κ2) is 8.19. The monoisotopic (exact) mass is 313 g/mol.